The van der Waals surface area contributed by atoms with Crippen molar-refractivity contribution in [2.45, 2.75) is 38.6 Å². The maximum atomic E-state index is 13.3. The quantitative estimate of drug-likeness (QED) is 0.689. The van der Waals surface area contributed by atoms with Crippen LogP contribution >= 0.6 is 0 Å². The fourth-order valence-corrected chi connectivity index (χ4v) is 4.13. The van der Waals surface area contributed by atoms with Crippen LogP contribution < -0.4 is 11.1 Å². The van der Waals surface area contributed by atoms with Crippen molar-refractivity contribution in [2.75, 3.05) is 7.11 Å². The first-order chi connectivity index (χ1) is 13.0. The summed E-state index contributed by atoms with van der Waals surface area (Å²) in [6.45, 7) is 2.38. The number of rotatable bonds is 4. The van der Waals surface area contributed by atoms with Crippen LogP contribution in [0.2, 0.25) is 0 Å². The highest BCUT2D eigenvalue weighted by Gasteiger charge is 2.28. The molecule has 0 bridgehead atoms. The van der Waals surface area contributed by atoms with Gasteiger partial charge in [0.15, 0.2) is 0 Å². The van der Waals surface area contributed by atoms with Gasteiger partial charge in [0.2, 0.25) is 0 Å². The van der Waals surface area contributed by atoms with E-state index in [0.717, 1.165) is 29.3 Å². The molecule has 140 valence electrons. The number of aromatic nitrogens is 3. The highest BCUT2D eigenvalue weighted by atomic mass is 16.5. The third kappa shape index (κ3) is 2.79. The van der Waals surface area contributed by atoms with Gasteiger partial charge in [0.05, 0.1) is 19.0 Å². The Kier molecular flexibility index (Phi) is 4.22. The predicted octanol–water partition coefficient (Wildman–Crippen LogP) is 1.97. The van der Waals surface area contributed by atoms with Gasteiger partial charge < -0.3 is 14.4 Å². The fraction of sp³-hybridized carbons (Fsp3) is 0.350. The van der Waals surface area contributed by atoms with Gasteiger partial charge in [-0.1, -0.05) is 18.2 Å². The normalized spacial score (nSPS) is 14.3. The third-order valence-electron chi connectivity index (χ3n) is 5.39. The fourth-order valence-electron chi connectivity index (χ4n) is 4.13. The maximum Gasteiger partial charge on any atom is 0.306 e. The lowest BCUT2D eigenvalue weighted by Crippen LogP contribution is -2.31. The number of ether oxygens (including phenoxy) is 1. The van der Waals surface area contributed by atoms with Crippen LogP contribution in [0.4, 0.5) is 0 Å². The summed E-state index contributed by atoms with van der Waals surface area (Å²) in [5.41, 5.74) is 3.09. The molecule has 2 N–H and O–H groups in total. The number of nitrogens with one attached hydrogen (secondary N) is 2. The van der Waals surface area contributed by atoms with Crippen LogP contribution in [0.3, 0.4) is 0 Å². The zero-order valence-corrected chi connectivity index (χ0v) is 15.3. The zero-order valence-electron chi connectivity index (χ0n) is 15.3. The molecule has 0 fully saturated rings. The third-order valence-corrected chi connectivity index (χ3v) is 5.39. The lowest BCUT2D eigenvalue weighted by Gasteiger charge is -2.23. The number of methoxy groups -OCH3 is 1. The van der Waals surface area contributed by atoms with Crippen molar-refractivity contribution >= 4 is 16.9 Å². The standard InChI is InChI=1S/C20H21N3O4/c1-11-17(19(25)22-21-11)14(10-16(24)27-2)15-9-13-6-3-5-12-7-4-8-23(18(12)13)20(15)26/h3,5-6,9,14H,4,7-8,10H2,1-2H3,(H2,21,22,25)/t14-/m1/s1. The SMILES string of the molecule is COC(=O)C[C@@H](c1c(C)[nH][nH]c1=O)c1cc2cccc3c2n(c1=O)CCC3. The number of benzene rings is 1. The molecule has 1 aliphatic rings. The molecule has 3 heterocycles. The minimum Gasteiger partial charge on any atom is -0.469 e. The van der Waals surface area contributed by atoms with Crippen molar-refractivity contribution in [3.8, 4) is 0 Å². The Hall–Kier alpha value is -3.09. The summed E-state index contributed by atoms with van der Waals surface area (Å²) in [6.07, 6.45) is 1.76. The Bertz CT molecular complexity index is 1150. The van der Waals surface area contributed by atoms with E-state index in [2.05, 4.69) is 10.2 Å². The van der Waals surface area contributed by atoms with Gasteiger partial charge >= 0.3 is 5.97 Å². The van der Waals surface area contributed by atoms with E-state index in [-0.39, 0.29) is 17.5 Å². The van der Waals surface area contributed by atoms with Crippen LogP contribution in [0.1, 0.15) is 41.1 Å². The molecule has 7 heteroatoms. The first kappa shape index (κ1) is 17.3. The Morgan fingerprint density at radius 1 is 1.30 bits per heavy atom. The number of H-pyrrole nitrogens is 2. The Labute approximate surface area is 155 Å². The van der Waals surface area contributed by atoms with Crippen LogP contribution in [0.5, 0.6) is 0 Å². The first-order valence-electron chi connectivity index (χ1n) is 9.00. The van der Waals surface area contributed by atoms with Gasteiger partial charge in [0.1, 0.15) is 0 Å². The molecule has 7 nitrogen and oxygen atoms in total. The average Bonchev–Trinajstić information content (AvgIpc) is 3.01. The van der Waals surface area contributed by atoms with Crippen LogP contribution in [0.15, 0.2) is 33.9 Å². The summed E-state index contributed by atoms with van der Waals surface area (Å²) >= 11 is 0. The van der Waals surface area contributed by atoms with Gasteiger partial charge in [-0.15, -0.1) is 0 Å². The number of esters is 1. The van der Waals surface area contributed by atoms with E-state index < -0.39 is 11.9 Å². The van der Waals surface area contributed by atoms with Gasteiger partial charge in [-0.25, -0.2) is 0 Å². The molecular weight excluding hydrogens is 346 g/mol. The number of para-hydroxylation sites is 1. The second kappa shape index (κ2) is 6.57. The number of nitrogens with zero attached hydrogens (tertiary/aromatic N) is 1. The van der Waals surface area contributed by atoms with E-state index in [0.29, 0.717) is 23.4 Å². The molecule has 1 aromatic carbocycles. The summed E-state index contributed by atoms with van der Waals surface area (Å²) in [4.78, 5) is 37.7. The van der Waals surface area contributed by atoms with E-state index >= 15 is 0 Å². The van der Waals surface area contributed by atoms with E-state index in [1.54, 1.807) is 11.5 Å². The van der Waals surface area contributed by atoms with E-state index in [4.69, 9.17) is 4.74 Å². The van der Waals surface area contributed by atoms with Crippen LogP contribution in [-0.2, 0) is 22.5 Å². The summed E-state index contributed by atoms with van der Waals surface area (Å²) in [6, 6.07) is 7.81. The van der Waals surface area contributed by atoms with Crippen molar-refractivity contribution in [1.29, 1.82) is 0 Å². The van der Waals surface area contributed by atoms with Gasteiger partial charge in [0.25, 0.3) is 11.1 Å². The molecule has 4 rings (SSSR count). The van der Waals surface area contributed by atoms with Crippen molar-refractivity contribution in [3.63, 3.8) is 0 Å². The van der Waals surface area contributed by atoms with Crippen molar-refractivity contribution in [3.05, 3.63) is 67.4 Å². The predicted molar refractivity (Wildman–Crippen MR) is 101 cm³/mol. The molecule has 0 unspecified atom stereocenters. The van der Waals surface area contributed by atoms with E-state index in [9.17, 15) is 14.4 Å². The number of aromatic amines is 2. The van der Waals surface area contributed by atoms with Crippen molar-refractivity contribution < 1.29 is 9.53 Å². The number of carbonyl (C=O) groups excluding carboxylic acids is 1. The summed E-state index contributed by atoms with van der Waals surface area (Å²) < 4.78 is 6.61. The van der Waals surface area contributed by atoms with Crippen LogP contribution in [-0.4, -0.2) is 27.8 Å². The second-order valence-electron chi connectivity index (χ2n) is 6.97. The van der Waals surface area contributed by atoms with Gasteiger partial charge in [-0.05, 0) is 36.8 Å². The average molecular weight is 367 g/mol. The summed E-state index contributed by atoms with van der Waals surface area (Å²) in [7, 11) is 1.30. The second-order valence-corrected chi connectivity index (χ2v) is 6.97. The van der Waals surface area contributed by atoms with E-state index in [1.807, 2.05) is 24.3 Å². The number of hydrogen-bond donors (Lipinski definition) is 2. The summed E-state index contributed by atoms with van der Waals surface area (Å²) in [5, 5.41) is 6.27. The van der Waals surface area contributed by atoms with Gasteiger partial charge in [0, 0.05) is 29.3 Å². The molecule has 0 spiro atoms. The zero-order chi connectivity index (χ0) is 19.1. The molecule has 0 saturated carbocycles. The minimum absolute atomic E-state index is 0.0707. The van der Waals surface area contributed by atoms with Crippen LogP contribution in [0, 0.1) is 6.92 Å². The molecule has 27 heavy (non-hydrogen) atoms. The number of aryl methyl sites for hydroxylation is 3. The Morgan fingerprint density at radius 2 is 2.11 bits per heavy atom. The lowest BCUT2D eigenvalue weighted by molar-refractivity contribution is -0.140. The molecule has 0 radical (unpaired) electrons. The van der Waals surface area contributed by atoms with Crippen molar-refractivity contribution in [1.82, 2.24) is 14.8 Å². The lowest BCUT2D eigenvalue weighted by atomic mass is 9.87. The largest absolute Gasteiger partial charge is 0.469 e. The number of carbonyl (C=O) groups is 1. The molecule has 2 aromatic heterocycles. The molecule has 1 atom stereocenters. The van der Waals surface area contributed by atoms with Crippen LogP contribution in [0.25, 0.3) is 10.9 Å². The number of hydrogen-bond acceptors (Lipinski definition) is 4. The first-order valence-corrected chi connectivity index (χ1v) is 9.00. The molecule has 0 aliphatic carbocycles. The Balaban J connectivity index is 2.00. The maximum absolute atomic E-state index is 13.3. The van der Waals surface area contributed by atoms with Gasteiger partial charge in [-0.2, -0.15) is 0 Å². The highest BCUT2D eigenvalue weighted by molar-refractivity contribution is 5.84. The smallest absolute Gasteiger partial charge is 0.306 e. The molecule has 3 aromatic rings. The number of pyridine rings is 1. The molecular formula is C20H21N3O4. The Morgan fingerprint density at radius 3 is 2.81 bits per heavy atom. The molecule has 0 saturated heterocycles. The highest BCUT2D eigenvalue weighted by Crippen LogP contribution is 2.30. The molecule has 1 aliphatic heterocycles. The summed E-state index contributed by atoms with van der Waals surface area (Å²) in [5.74, 6) is -1.13. The topological polar surface area (TPSA) is 96.9 Å². The van der Waals surface area contributed by atoms with Gasteiger partial charge in [-0.3, -0.25) is 19.5 Å². The van der Waals surface area contributed by atoms with E-state index in [1.165, 1.54) is 7.11 Å². The minimum atomic E-state index is -0.668. The monoisotopic (exact) mass is 367 g/mol. The van der Waals surface area contributed by atoms with Crippen molar-refractivity contribution in [2.24, 2.45) is 0 Å². The molecule has 0 amide bonds.